The number of rotatable bonds is 2. The summed E-state index contributed by atoms with van der Waals surface area (Å²) in [5.41, 5.74) is 6.81. The quantitative estimate of drug-likeness (QED) is 0.907. The van der Waals surface area contributed by atoms with Crippen LogP contribution in [0, 0.1) is 17.2 Å². The second-order valence-electron chi connectivity index (χ2n) is 6.60. The molecule has 1 aliphatic heterocycles. The summed E-state index contributed by atoms with van der Waals surface area (Å²) in [6.45, 7) is 4.26. The third-order valence-corrected chi connectivity index (χ3v) is 5.04. The van der Waals surface area contributed by atoms with E-state index in [9.17, 15) is 5.26 Å². The van der Waals surface area contributed by atoms with Crippen LogP contribution in [0.4, 0.5) is 11.6 Å². The van der Waals surface area contributed by atoms with E-state index in [4.69, 9.17) is 10.8 Å². The van der Waals surface area contributed by atoms with Crippen LogP contribution >= 0.6 is 0 Å². The first-order chi connectivity index (χ1) is 10.2. The normalized spacial score (nSPS) is 21.4. The van der Waals surface area contributed by atoms with E-state index in [1.165, 1.54) is 32.1 Å². The molecule has 0 spiro atoms. The van der Waals surface area contributed by atoms with Gasteiger partial charge in [-0.05, 0) is 31.6 Å². The molecule has 1 saturated heterocycles. The lowest BCUT2D eigenvalue weighted by molar-refractivity contribution is 0.332. The van der Waals surface area contributed by atoms with Crippen molar-refractivity contribution in [1.29, 1.82) is 5.26 Å². The molecular weight excluding hydrogens is 262 g/mol. The zero-order valence-corrected chi connectivity index (χ0v) is 12.9. The predicted octanol–water partition coefficient (Wildman–Crippen LogP) is 3.08. The van der Waals surface area contributed by atoms with E-state index in [0.29, 0.717) is 17.4 Å². The molecule has 1 aromatic rings. The number of nitrogens with two attached hydrogens (primary N) is 1. The molecule has 114 valence electrons. The zero-order valence-electron chi connectivity index (χ0n) is 12.9. The fourth-order valence-corrected chi connectivity index (χ4v) is 3.59. The van der Waals surface area contributed by atoms with Crippen molar-refractivity contribution in [3.63, 3.8) is 0 Å². The van der Waals surface area contributed by atoms with E-state index in [1.54, 1.807) is 0 Å². The molecule has 21 heavy (non-hydrogen) atoms. The van der Waals surface area contributed by atoms with Gasteiger partial charge in [0.25, 0.3) is 0 Å². The number of hydrogen-bond acceptors (Lipinski definition) is 4. The van der Waals surface area contributed by atoms with Crippen LogP contribution in [0.1, 0.15) is 63.5 Å². The summed E-state index contributed by atoms with van der Waals surface area (Å²) < 4.78 is 1.94. The average Bonchev–Trinajstić information content (AvgIpc) is 2.85. The maximum atomic E-state index is 9.48. The Morgan fingerprint density at radius 2 is 1.81 bits per heavy atom. The van der Waals surface area contributed by atoms with Gasteiger partial charge in [-0.25, -0.2) is 4.68 Å². The summed E-state index contributed by atoms with van der Waals surface area (Å²) in [6, 6.07) is 2.66. The second kappa shape index (κ2) is 5.97. The van der Waals surface area contributed by atoms with Crippen molar-refractivity contribution in [2.24, 2.45) is 5.92 Å². The largest absolute Gasteiger partial charge is 0.383 e. The van der Waals surface area contributed by atoms with Gasteiger partial charge in [-0.3, -0.25) is 0 Å². The summed E-state index contributed by atoms with van der Waals surface area (Å²) in [4.78, 5) is 2.24. The molecule has 1 aliphatic carbocycles. The van der Waals surface area contributed by atoms with Crippen LogP contribution in [0.3, 0.4) is 0 Å². The van der Waals surface area contributed by atoms with Crippen LogP contribution in [0.15, 0.2) is 0 Å². The van der Waals surface area contributed by atoms with Gasteiger partial charge in [0.2, 0.25) is 0 Å². The minimum atomic E-state index is 0.378. The molecule has 0 aromatic carbocycles. The molecule has 1 aromatic heterocycles. The fourth-order valence-electron chi connectivity index (χ4n) is 3.59. The Morgan fingerprint density at radius 1 is 1.14 bits per heavy atom. The maximum absolute atomic E-state index is 9.48. The van der Waals surface area contributed by atoms with E-state index in [2.05, 4.69) is 17.9 Å². The molecule has 0 amide bonds. The molecule has 3 rings (SSSR count). The van der Waals surface area contributed by atoms with Gasteiger partial charge in [-0.15, -0.1) is 0 Å². The molecule has 2 N–H and O–H groups in total. The minimum Gasteiger partial charge on any atom is -0.383 e. The van der Waals surface area contributed by atoms with Gasteiger partial charge >= 0.3 is 0 Å². The topological polar surface area (TPSA) is 70.9 Å². The van der Waals surface area contributed by atoms with E-state index in [0.717, 1.165) is 37.7 Å². The van der Waals surface area contributed by atoms with Crippen molar-refractivity contribution < 1.29 is 0 Å². The van der Waals surface area contributed by atoms with Crippen molar-refractivity contribution in [1.82, 2.24) is 9.78 Å². The third-order valence-electron chi connectivity index (χ3n) is 5.04. The van der Waals surface area contributed by atoms with Crippen LogP contribution in [0.25, 0.3) is 0 Å². The first-order valence-electron chi connectivity index (χ1n) is 8.23. The molecule has 2 aliphatic rings. The van der Waals surface area contributed by atoms with Crippen molar-refractivity contribution in [2.45, 2.75) is 57.9 Å². The highest BCUT2D eigenvalue weighted by Crippen LogP contribution is 2.34. The van der Waals surface area contributed by atoms with Gasteiger partial charge in [0, 0.05) is 13.1 Å². The van der Waals surface area contributed by atoms with Gasteiger partial charge in [0.05, 0.1) is 6.04 Å². The Bertz CT molecular complexity index is 528. The summed E-state index contributed by atoms with van der Waals surface area (Å²) in [5.74, 6) is 2.15. The van der Waals surface area contributed by atoms with Crippen molar-refractivity contribution >= 4 is 11.6 Å². The molecule has 5 heteroatoms. The molecular formula is C16H25N5. The highest BCUT2D eigenvalue weighted by Gasteiger charge is 2.27. The van der Waals surface area contributed by atoms with Gasteiger partial charge in [-0.1, -0.05) is 26.2 Å². The van der Waals surface area contributed by atoms with Gasteiger partial charge in [0.15, 0.2) is 5.82 Å². The first-order valence-corrected chi connectivity index (χ1v) is 8.23. The summed E-state index contributed by atoms with van der Waals surface area (Å²) in [6.07, 6.45) is 8.38. The van der Waals surface area contributed by atoms with E-state index in [-0.39, 0.29) is 0 Å². The second-order valence-corrected chi connectivity index (χ2v) is 6.60. The van der Waals surface area contributed by atoms with Gasteiger partial charge in [-0.2, -0.15) is 10.4 Å². The third kappa shape index (κ3) is 2.72. The van der Waals surface area contributed by atoms with Crippen molar-refractivity contribution in [3.05, 3.63) is 5.56 Å². The van der Waals surface area contributed by atoms with Crippen molar-refractivity contribution in [3.8, 4) is 6.07 Å². The average molecular weight is 287 g/mol. The molecule has 0 bridgehead atoms. The molecule has 2 heterocycles. The van der Waals surface area contributed by atoms with E-state index in [1.807, 2.05) is 4.68 Å². The summed E-state index contributed by atoms with van der Waals surface area (Å²) in [7, 11) is 0. The first kappa shape index (κ1) is 14.2. The molecule has 0 atom stereocenters. The number of nitrogens with zero attached hydrogens (tertiary/aromatic N) is 4. The van der Waals surface area contributed by atoms with Gasteiger partial charge in [0.1, 0.15) is 17.5 Å². The number of hydrogen-bond donors (Lipinski definition) is 1. The standard InChI is InChI=1S/C16H25N5/c1-12-7-9-20(10-8-12)16-14(11-17)15(18)21(19-16)13-5-3-2-4-6-13/h12-13H,2-10,18H2,1H3. The number of nitrogen functional groups attached to an aromatic ring is 1. The Kier molecular flexibility index (Phi) is 4.05. The minimum absolute atomic E-state index is 0.378. The number of nitriles is 1. The maximum Gasteiger partial charge on any atom is 0.170 e. The smallest absolute Gasteiger partial charge is 0.170 e. The zero-order chi connectivity index (χ0) is 14.8. The van der Waals surface area contributed by atoms with E-state index < -0.39 is 0 Å². The number of aromatic nitrogens is 2. The number of piperidine rings is 1. The lowest BCUT2D eigenvalue weighted by Crippen LogP contribution is -2.33. The Labute approximate surface area is 126 Å². The molecule has 0 unspecified atom stereocenters. The summed E-state index contributed by atoms with van der Waals surface area (Å²) in [5, 5.41) is 14.2. The lowest BCUT2D eigenvalue weighted by atomic mass is 9.96. The highest BCUT2D eigenvalue weighted by molar-refractivity contribution is 5.65. The monoisotopic (exact) mass is 287 g/mol. The Hall–Kier alpha value is -1.70. The van der Waals surface area contributed by atoms with Crippen LogP contribution in [-0.4, -0.2) is 22.9 Å². The Morgan fingerprint density at radius 3 is 2.43 bits per heavy atom. The molecule has 2 fully saturated rings. The van der Waals surface area contributed by atoms with E-state index >= 15 is 0 Å². The highest BCUT2D eigenvalue weighted by atomic mass is 15.4. The molecule has 5 nitrogen and oxygen atoms in total. The molecule has 0 radical (unpaired) electrons. The van der Waals surface area contributed by atoms with Crippen LogP contribution in [0.5, 0.6) is 0 Å². The Balaban J connectivity index is 1.88. The van der Waals surface area contributed by atoms with Crippen molar-refractivity contribution in [2.75, 3.05) is 23.7 Å². The predicted molar refractivity (Wildman–Crippen MR) is 84.1 cm³/mol. The van der Waals surface area contributed by atoms with Crippen LogP contribution in [0.2, 0.25) is 0 Å². The number of anilines is 2. The summed E-state index contributed by atoms with van der Waals surface area (Å²) >= 11 is 0. The lowest BCUT2D eigenvalue weighted by Gasteiger charge is -2.30. The fraction of sp³-hybridized carbons (Fsp3) is 0.750. The van der Waals surface area contributed by atoms with Gasteiger partial charge < -0.3 is 10.6 Å². The van der Waals surface area contributed by atoms with Crippen LogP contribution in [-0.2, 0) is 0 Å². The molecule has 1 saturated carbocycles. The van der Waals surface area contributed by atoms with Crippen LogP contribution < -0.4 is 10.6 Å². The SMILES string of the molecule is CC1CCN(c2nn(C3CCCCC3)c(N)c2C#N)CC1.